The standard InChI is InChI=1S/C22H33NO6.C17H25NO4.C14H19ClO2.C12H18O.C8H15NO4.C2H2Cl2O.ClH/c1-14(2)16-10-9-11-17(15(3)4)20(16)28-19(25)13-27-18(24)12-23(8)21(26)29-22(5,6)7;1-11(2)13-7-6-8-14(12(3)4)17(13)22-16(20)10-21-15(19)9-18-5;1-9(2)11-6-5-7-12(10(3)4)14(11)17-13(16)8-15;1-8(2)10-6-5-7-11(9(3)4)12(10)13;1-8(2,3)13-7(12)9(4)5-6(10)11;3-1-2(4)5;/h9-11,14-15H,12-13H2,1-8H3;6-8,11-12,18H,9-10H2,1-5H3;5-7,9-10H,8H2,1-4H3;5-9,13H,1-4H3;5H2,1-4H3,(H,10,11);1H2;1H. The Bertz CT molecular complexity index is 3100. The van der Waals surface area contributed by atoms with Crippen LogP contribution in [0.15, 0.2) is 72.8 Å². The van der Waals surface area contributed by atoms with Gasteiger partial charge in [0.2, 0.25) is 5.24 Å². The SMILES string of the molecule is CC(C)c1cccc(C(C)C)c1O.CC(C)c1cccc(C(C)C)c1OC(=O)CCl.CC(C)c1cccc(C(C)C)c1OC(=O)COC(=O)CN(C)C(=O)OC(C)(C)C.CN(CC(=O)O)C(=O)OC(C)(C)C.CNCC(=O)OCC(=O)Oc1c(C(C)C)cccc1C(C)C.Cl.O=C(Cl)CCl. The van der Waals surface area contributed by atoms with Crippen molar-refractivity contribution in [3.8, 4) is 23.0 Å². The van der Waals surface area contributed by atoms with Crippen molar-refractivity contribution < 1.29 is 86.5 Å². The Morgan fingerprint density at radius 1 is 0.430 bits per heavy atom. The number of aliphatic carboxylic acids is 1. The zero-order valence-electron chi connectivity index (χ0n) is 63.4. The van der Waals surface area contributed by atoms with Gasteiger partial charge in [-0.1, -0.05) is 184 Å². The van der Waals surface area contributed by atoms with Gasteiger partial charge in [0.1, 0.15) is 53.2 Å². The number of carboxylic acid groups (broad SMARTS) is 1. The van der Waals surface area contributed by atoms with Crippen molar-refractivity contribution in [2.45, 2.75) is 211 Å². The topological polar surface area (TPSA) is 277 Å². The van der Waals surface area contributed by atoms with Gasteiger partial charge in [-0.3, -0.25) is 24.0 Å². The van der Waals surface area contributed by atoms with E-state index in [9.17, 15) is 48.3 Å². The number of ether oxygens (including phenoxy) is 7. The third-order valence-corrected chi connectivity index (χ3v) is 14.1. The highest BCUT2D eigenvalue weighted by Crippen LogP contribution is 2.38. The number of carbonyl (C=O) groups is 9. The summed E-state index contributed by atoms with van der Waals surface area (Å²) in [5, 5.41) is 20.5. The van der Waals surface area contributed by atoms with E-state index in [-0.39, 0.29) is 74.1 Å². The highest BCUT2D eigenvalue weighted by atomic mass is 35.5. The number of alkyl halides is 2. The van der Waals surface area contributed by atoms with Gasteiger partial charge in [-0.05, 0) is 152 Å². The summed E-state index contributed by atoms with van der Waals surface area (Å²) in [7, 11) is 4.43. The number of phenolic OH excluding ortho intramolecular Hbond substituents is 1. The molecular formula is C75H113Cl4N3O18. The summed E-state index contributed by atoms with van der Waals surface area (Å²) in [6.45, 7) is 41.8. The van der Waals surface area contributed by atoms with Crippen molar-refractivity contribution in [2.24, 2.45) is 0 Å². The van der Waals surface area contributed by atoms with Crippen molar-refractivity contribution >= 4 is 100 Å². The molecule has 3 N–H and O–H groups in total. The number of phenols is 1. The lowest BCUT2D eigenvalue weighted by Gasteiger charge is -2.24. The van der Waals surface area contributed by atoms with E-state index in [0.717, 1.165) is 54.3 Å². The second-order valence-electron chi connectivity index (χ2n) is 27.3. The zero-order valence-corrected chi connectivity index (χ0v) is 66.4. The van der Waals surface area contributed by atoms with Crippen LogP contribution < -0.4 is 19.5 Å². The first-order chi connectivity index (χ1) is 45.7. The lowest BCUT2D eigenvalue weighted by atomic mass is 9.94. The van der Waals surface area contributed by atoms with Crippen molar-refractivity contribution in [2.75, 3.05) is 65.8 Å². The van der Waals surface area contributed by atoms with Crippen LogP contribution in [0.2, 0.25) is 0 Å². The summed E-state index contributed by atoms with van der Waals surface area (Å²) in [4.78, 5) is 104. The van der Waals surface area contributed by atoms with Crippen molar-refractivity contribution in [3.63, 3.8) is 0 Å². The Morgan fingerprint density at radius 3 is 0.910 bits per heavy atom. The number of aromatic hydroxyl groups is 1. The second kappa shape index (κ2) is 48.6. The van der Waals surface area contributed by atoms with Crippen molar-refractivity contribution in [1.82, 2.24) is 15.1 Å². The number of hydrogen-bond acceptors (Lipinski definition) is 18. The third-order valence-electron chi connectivity index (χ3n) is 13.3. The van der Waals surface area contributed by atoms with Crippen LogP contribution in [0.25, 0.3) is 0 Å². The molecule has 4 aromatic rings. The Labute approximate surface area is 615 Å². The molecule has 100 heavy (non-hydrogen) atoms. The number of halogens is 4. The average molecular weight is 1490 g/mol. The van der Waals surface area contributed by atoms with Crippen LogP contribution in [-0.4, -0.2) is 150 Å². The number of likely N-dealkylation sites (N-methyl/N-ethyl adjacent to an activating group) is 3. The molecule has 0 aliphatic heterocycles. The number of carbonyl (C=O) groups excluding carboxylic acids is 8. The summed E-state index contributed by atoms with van der Waals surface area (Å²) in [6, 6.07) is 23.6. The van der Waals surface area contributed by atoms with Crippen LogP contribution in [0.3, 0.4) is 0 Å². The summed E-state index contributed by atoms with van der Waals surface area (Å²) in [5.74, 6) is 0.328. The largest absolute Gasteiger partial charge is 0.507 e. The lowest BCUT2D eigenvalue weighted by Crippen LogP contribution is -2.38. The van der Waals surface area contributed by atoms with Gasteiger partial charge in [0.15, 0.2) is 13.2 Å². The number of amides is 2. The fraction of sp³-hybridized carbons (Fsp3) is 0.560. The van der Waals surface area contributed by atoms with E-state index in [1.807, 2.05) is 128 Å². The first-order valence-corrected chi connectivity index (χ1v) is 34.3. The molecule has 25 heteroatoms. The third kappa shape index (κ3) is 39.7. The van der Waals surface area contributed by atoms with E-state index in [0.29, 0.717) is 46.7 Å². The number of hydrogen-bond donors (Lipinski definition) is 3. The molecule has 0 atom stereocenters. The number of para-hydroxylation sites is 4. The minimum absolute atomic E-state index is 0. The molecule has 0 saturated carbocycles. The summed E-state index contributed by atoms with van der Waals surface area (Å²) in [5.41, 5.74) is 6.71. The van der Waals surface area contributed by atoms with E-state index < -0.39 is 71.1 Å². The van der Waals surface area contributed by atoms with Gasteiger partial charge in [0, 0.05) is 14.1 Å². The number of nitrogens with zero attached hydrogens (tertiary/aromatic N) is 2. The normalized spacial score (nSPS) is 10.8. The van der Waals surface area contributed by atoms with E-state index in [4.69, 9.17) is 73.1 Å². The Balaban J connectivity index is -0.00000119. The van der Waals surface area contributed by atoms with Crippen molar-refractivity contribution in [1.29, 1.82) is 0 Å². The Kier molecular flexibility index (Phi) is 47.2. The zero-order chi connectivity index (χ0) is 77.0. The molecule has 0 heterocycles. The fourth-order valence-corrected chi connectivity index (χ4v) is 8.52. The Hall–Kier alpha value is -7.17. The van der Waals surface area contributed by atoms with Crippen molar-refractivity contribution in [3.05, 3.63) is 117 Å². The first-order valence-electron chi connectivity index (χ1n) is 32.9. The van der Waals surface area contributed by atoms with Gasteiger partial charge >= 0.3 is 48.0 Å². The Morgan fingerprint density at radius 2 is 0.680 bits per heavy atom. The lowest BCUT2D eigenvalue weighted by molar-refractivity contribution is -0.154. The maximum Gasteiger partial charge on any atom is 0.410 e. The van der Waals surface area contributed by atoms with E-state index >= 15 is 0 Å². The molecule has 0 saturated heterocycles. The quantitative estimate of drug-likeness (QED) is 0.0205. The molecular weight excluding hydrogens is 1370 g/mol. The molecule has 0 aliphatic carbocycles. The fourth-order valence-electron chi connectivity index (χ4n) is 8.47. The minimum atomic E-state index is -1.06. The second-order valence-corrected chi connectivity index (χ2v) is 28.2. The molecule has 564 valence electrons. The average Bonchev–Trinajstić information content (AvgIpc) is 0.840. The molecule has 4 rings (SSSR count). The number of carboxylic acids is 1. The van der Waals surface area contributed by atoms with E-state index in [1.165, 1.54) is 14.1 Å². The molecule has 0 unspecified atom stereocenters. The molecule has 0 aliphatic rings. The predicted octanol–water partition coefficient (Wildman–Crippen LogP) is 16.9. The molecule has 0 spiro atoms. The molecule has 2 amide bonds. The molecule has 21 nitrogen and oxygen atoms in total. The molecule has 0 aromatic heterocycles. The van der Waals surface area contributed by atoms with Crippen LogP contribution in [0.1, 0.15) is 244 Å². The van der Waals surface area contributed by atoms with Gasteiger partial charge < -0.3 is 58.5 Å². The van der Waals surface area contributed by atoms with Gasteiger partial charge in [-0.2, -0.15) is 0 Å². The van der Waals surface area contributed by atoms with Gasteiger partial charge in [0.05, 0.1) is 12.4 Å². The minimum Gasteiger partial charge on any atom is -0.507 e. The van der Waals surface area contributed by atoms with Crippen LogP contribution in [0.5, 0.6) is 23.0 Å². The highest BCUT2D eigenvalue weighted by Gasteiger charge is 2.26. The summed E-state index contributed by atoms with van der Waals surface area (Å²) < 4.78 is 36.3. The number of rotatable bonds is 23. The van der Waals surface area contributed by atoms with Gasteiger partial charge in [-0.25, -0.2) is 19.2 Å². The maximum absolute atomic E-state index is 12.3. The van der Waals surface area contributed by atoms with Gasteiger partial charge in [-0.15, -0.1) is 35.6 Å². The maximum atomic E-state index is 12.3. The first kappa shape index (κ1) is 97.0. The van der Waals surface area contributed by atoms with E-state index in [1.54, 1.807) is 48.6 Å². The summed E-state index contributed by atoms with van der Waals surface area (Å²) >= 11 is 15.0. The van der Waals surface area contributed by atoms with Crippen LogP contribution in [0, 0.1) is 0 Å². The number of esters is 5. The van der Waals surface area contributed by atoms with Crippen LogP contribution >= 0.6 is 47.2 Å². The van der Waals surface area contributed by atoms with Crippen LogP contribution in [0.4, 0.5) is 9.59 Å². The summed E-state index contributed by atoms with van der Waals surface area (Å²) in [6.07, 6.45) is -1.28. The number of benzene rings is 4. The van der Waals surface area contributed by atoms with Crippen LogP contribution in [-0.2, 0) is 52.5 Å². The molecule has 4 aromatic carbocycles. The smallest absolute Gasteiger partial charge is 0.410 e. The predicted molar refractivity (Wildman–Crippen MR) is 398 cm³/mol. The van der Waals surface area contributed by atoms with E-state index in [2.05, 4.69) is 60.7 Å². The molecule has 0 fully saturated rings. The monoisotopic (exact) mass is 1480 g/mol. The molecule has 0 radical (unpaired) electrons. The highest BCUT2D eigenvalue weighted by molar-refractivity contribution is 6.67. The molecule has 0 bridgehead atoms. The number of nitrogens with one attached hydrogen (secondary N) is 1. The van der Waals surface area contributed by atoms with Gasteiger partial charge in [0.25, 0.3) is 0 Å².